The van der Waals surface area contributed by atoms with Gasteiger partial charge < -0.3 is 14.8 Å². The van der Waals surface area contributed by atoms with Crippen molar-refractivity contribution in [1.29, 1.82) is 0 Å². The number of carbonyl (C=O) groups excluding carboxylic acids is 2. The van der Waals surface area contributed by atoms with Crippen LogP contribution in [0.4, 0.5) is 10.5 Å². The van der Waals surface area contributed by atoms with Crippen LogP contribution in [0.1, 0.15) is 5.56 Å². The maximum atomic E-state index is 12.6. The van der Waals surface area contributed by atoms with Gasteiger partial charge in [-0.3, -0.25) is 14.5 Å². The van der Waals surface area contributed by atoms with Crippen molar-refractivity contribution in [3.8, 4) is 11.5 Å². The van der Waals surface area contributed by atoms with Gasteiger partial charge in [0.2, 0.25) is 0 Å². The number of anilines is 1. The van der Waals surface area contributed by atoms with Crippen molar-refractivity contribution in [2.45, 2.75) is 0 Å². The summed E-state index contributed by atoms with van der Waals surface area (Å²) in [5.74, 6) is 0.827. The van der Waals surface area contributed by atoms with Crippen molar-refractivity contribution in [3.63, 3.8) is 0 Å². The van der Waals surface area contributed by atoms with Crippen molar-refractivity contribution in [3.05, 3.63) is 57.4 Å². The zero-order chi connectivity index (χ0) is 19.4. The molecule has 0 aliphatic carbocycles. The minimum absolute atomic E-state index is 0.107. The first-order chi connectivity index (χ1) is 13.0. The number of benzene rings is 2. The Bertz CT molecular complexity index is 899. The van der Waals surface area contributed by atoms with Gasteiger partial charge in [-0.25, -0.2) is 0 Å². The van der Waals surface area contributed by atoms with E-state index in [1.807, 2.05) is 24.3 Å². The van der Waals surface area contributed by atoms with E-state index in [1.165, 1.54) is 4.90 Å². The third-order valence-corrected chi connectivity index (χ3v) is 5.30. The Morgan fingerprint density at radius 2 is 1.78 bits per heavy atom. The third kappa shape index (κ3) is 4.45. The second-order valence-electron chi connectivity index (χ2n) is 5.57. The lowest BCUT2D eigenvalue weighted by molar-refractivity contribution is -0.122. The molecule has 1 heterocycles. The first kappa shape index (κ1) is 19.3. The summed E-state index contributed by atoms with van der Waals surface area (Å²) in [5, 5.41) is 2.77. The van der Waals surface area contributed by atoms with Gasteiger partial charge in [0.1, 0.15) is 0 Å². The summed E-state index contributed by atoms with van der Waals surface area (Å²) in [5.41, 5.74) is 1.57. The number of amides is 2. The third-order valence-electron chi connectivity index (χ3n) is 3.86. The van der Waals surface area contributed by atoms with Crippen LogP contribution in [0.3, 0.4) is 0 Å². The molecule has 0 aromatic heterocycles. The predicted octanol–water partition coefficient (Wildman–Crippen LogP) is 4.57. The largest absolute Gasteiger partial charge is 0.493 e. The molecule has 1 aliphatic heterocycles. The van der Waals surface area contributed by atoms with E-state index < -0.39 is 0 Å². The van der Waals surface area contributed by atoms with Gasteiger partial charge in [-0.2, -0.15) is 0 Å². The Hall–Kier alpha value is -2.45. The molecule has 2 amide bonds. The predicted molar refractivity (Wildman–Crippen MR) is 110 cm³/mol. The first-order valence-electron chi connectivity index (χ1n) is 7.98. The molecule has 140 valence electrons. The van der Waals surface area contributed by atoms with E-state index in [9.17, 15) is 9.59 Å². The lowest BCUT2D eigenvalue weighted by atomic mass is 10.2. The van der Waals surface area contributed by atoms with E-state index in [-0.39, 0.29) is 17.8 Å². The van der Waals surface area contributed by atoms with Crippen molar-refractivity contribution >= 4 is 50.6 Å². The van der Waals surface area contributed by atoms with Crippen molar-refractivity contribution < 1.29 is 19.1 Å². The normalized spacial score (nSPS) is 15.4. The standard InChI is InChI=1S/C19H17BrN2O4S/c1-25-15-8-3-12(9-16(15)26-2)10-17-18(23)22(19(24)27-17)11-21-14-6-4-13(20)5-7-14/h3-10,21H,11H2,1-2H3/b17-10+. The molecule has 0 atom stereocenters. The van der Waals surface area contributed by atoms with E-state index in [1.54, 1.807) is 38.5 Å². The highest BCUT2D eigenvalue weighted by Crippen LogP contribution is 2.34. The minimum atomic E-state index is -0.329. The molecule has 0 unspecified atom stereocenters. The number of imide groups is 1. The molecule has 0 radical (unpaired) electrons. The average molecular weight is 449 g/mol. The molecule has 1 N–H and O–H groups in total. The van der Waals surface area contributed by atoms with Crippen LogP contribution in [0.15, 0.2) is 51.8 Å². The van der Waals surface area contributed by atoms with E-state index in [0.29, 0.717) is 16.4 Å². The summed E-state index contributed by atoms with van der Waals surface area (Å²) in [7, 11) is 3.10. The monoisotopic (exact) mass is 448 g/mol. The Balaban J connectivity index is 1.73. The van der Waals surface area contributed by atoms with Gasteiger partial charge in [0.25, 0.3) is 11.1 Å². The summed E-state index contributed by atoms with van der Waals surface area (Å²) in [6.45, 7) is 0.107. The molecule has 3 rings (SSSR count). The van der Waals surface area contributed by atoms with Gasteiger partial charge in [-0.05, 0) is 59.8 Å². The van der Waals surface area contributed by atoms with Gasteiger partial charge in [-0.15, -0.1) is 0 Å². The number of methoxy groups -OCH3 is 2. The number of halogens is 1. The summed E-state index contributed by atoms with van der Waals surface area (Å²) < 4.78 is 11.4. The van der Waals surface area contributed by atoms with Crippen LogP contribution in [-0.4, -0.2) is 36.9 Å². The molecule has 0 bridgehead atoms. The lowest BCUT2D eigenvalue weighted by Gasteiger charge is -2.14. The smallest absolute Gasteiger partial charge is 0.295 e. The quantitative estimate of drug-likeness (QED) is 0.652. The molecule has 6 nitrogen and oxygen atoms in total. The fourth-order valence-corrected chi connectivity index (χ4v) is 3.57. The maximum Gasteiger partial charge on any atom is 0.295 e. The van der Waals surface area contributed by atoms with Gasteiger partial charge in [0.15, 0.2) is 11.5 Å². The van der Waals surface area contributed by atoms with Crippen LogP contribution in [0.5, 0.6) is 11.5 Å². The van der Waals surface area contributed by atoms with Gasteiger partial charge in [0.05, 0.1) is 25.8 Å². The molecule has 1 saturated heterocycles. The second-order valence-corrected chi connectivity index (χ2v) is 7.47. The van der Waals surface area contributed by atoms with Crippen molar-refractivity contribution in [1.82, 2.24) is 4.90 Å². The topological polar surface area (TPSA) is 67.9 Å². The molecule has 1 fully saturated rings. The molecule has 2 aromatic carbocycles. The molecule has 1 aliphatic rings. The fraction of sp³-hybridized carbons (Fsp3) is 0.158. The zero-order valence-corrected chi connectivity index (χ0v) is 17.1. The van der Waals surface area contributed by atoms with Gasteiger partial charge in [0, 0.05) is 10.2 Å². The Morgan fingerprint density at radius 1 is 1.07 bits per heavy atom. The molecular formula is C19H17BrN2O4S. The second kappa shape index (κ2) is 8.49. The van der Waals surface area contributed by atoms with Gasteiger partial charge in [-0.1, -0.05) is 22.0 Å². The van der Waals surface area contributed by atoms with E-state index in [0.717, 1.165) is 27.5 Å². The number of carbonyl (C=O) groups is 2. The number of thioether (sulfide) groups is 1. The van der Waals surface area contributed by atoms with Crippen LogP contribution in [-0.2, 0) is 4.79 Å². The van der Waals surface area contributed by atoms with Gasteiger partial charge >= 0.3 is 0 Å². The van der Waals surface area contributed by atoms with Crippen LogP contribution in [0.2, 0.25) is 0 Å². The molecule has 2 aromatic rings. The molecule has 0 saturated carbocycles. The van der Waals surface area contributed by atoms with E-state index >= 15 is 0 Å². The summed E-state index contributed by atoms with van der Waals surface area (Å²) >= 11 is 4.28. The highest BCUT2D eigenvalue weighted by molar-refractivity contribution is 9.10. The number of rotatable bonds is 6. The van der Waals surface area contributed by atoms with Crippen molar-refractivity contribution in [2.75, 3.05) is 26.2 Å². The zero-order valence-electron chi connectivity index (χ0n) is 14.7. The Kier molecular flexibility index (Phi) is 6.08. The van der Waals surface area contributed by atoms with E-state index in [4.69, 9.17) is 9.47 Å². The molecule has 8 heteroatoms. The number of hydrogen-bond acceptors (Lipinski definition) is 6. The van der Waals surface area contributed by atoms with E-state index in [2.05, 4.69) is 21.2 Å². The Labute approximate surface area is 169 Å². The number of hydrogen-bond donors (Lipinski definition) is 1. The maximum absolute atomic E-state index is 12.6. The summed E-state index contributed by atoms with van der Waals surface area (Å²) in [6.07, 6.45) is 1.67. The number of ether oxygens (including phenoxy) is 2. The number of nitrogens with zero attached hydrogens (tertiary/aromatic N) is 1. The van der Waals surface area contributed by atoms with Crippen LogP contribution >= 0.6 is 27.7 Å². The highest BCUT2D eigenvalue weighted by atomic mass is 79.9. The van der Waals surface area contributed by atoms with Crippen LogP contribution < -0.4 is 14.8 Å². The number of nitrogens with one attached hydrogen (secondary N) is 1. The SMILES string of the molecule is COc1ccc(/C=C2/SC(=O)N(CNc3ccc(Br)cc3)C2=O)cc1OC. The molecule has 0 spiro atoms. The summed E-state index contributed by atoms with van der Waals surface area (Å²) in [4.78, 5) is 26.4. The fourth-order valence-electron chi connectivity index (χ4n) is 2.47. The first-order valence-corrected chi connectivity index (χ1v) is 9.59. The minimum Gasteiger partial charge on any atom is -0.493 e. The highest BCUT2D eigenvalue weighted by Gasteiger charge is 2.34. The average Bonchev–Trinajstić information content (AvgIpc) is 2.94. The van der Waals surface area contributed by atoms with Crippen molar-refractivity contribution in [2.24, 2.45) is 0 Å². The lowest BCUT2D eigenvalue weighted by Crippen LogP contribution is -2.33. The molecule has 27 heavy (non-hydrogen) atoms. The van der Waals surface area contributed by atoms with Crippen LogP contribution in [0, 0.1) is 0 Å². The Morgan fingerprint density at radius 3 is 2.44 bits per heavy atom. The summed E-state index contributed by atoms with van der Waals surface area (Å²) in [6, 6.07) is 12.8. The molecular weight excluding hydrogens is 432 g/mol. The van der Waals surface area contributed by atoms with Crippen LogP contribution in [0.25, 0.3) is 6.08 Å².